The topological polar surface area (TPSA) is 20.3 Å². The Morgan fingerprint density at radius 1 is 1.25 bits per heavy atom. The van der Waals surface area contributed by atoms with Gasteiger partial charge in [0, 0.05) is 13.1 Å². The molecule has 0 N–H and O–H groups in total. The van der Waals surface area contributed by atoms with Gasteiger partial charge < -0.3 is 4.90 Å². The summed E-state index contributed by atoms with van der Waals surface area (Å²) in [6, 6.07) is 1.82. The number of halogens is 3. The molecule has 0 unspecified atom stereocenters. The lowest BCUT2D eigenvalue weighted by atomic mass is 10.1. The third kappa shape index (κ3) is 1.77. The zero-order chi connectivity index (χ0) is 11.9. The first kappa shape index (κ1) is 11.0. The zero-order valence-corrected chi connectivity index (χ0v) is 8.64. The Kier molecular flexibility index (Phi) is 2.61. The van der Waals surface area contributed by atoms with Crippen LogP contribution in [0, 0.1) is 17.5 Å². The molecule has 16 heavy (non-hydrogen) atoms. The van der Waals surface area contributed by atoms with Crippen molar-refractivity contribution < 1.29 is 18.0 Å². The fourth-order valence-corrected chi connectivity index (χ4v) is 1.51. The fourth-order valence-electron chi connectivity index (χ4n) is 1.51. The highest BCUT2D eigenvalue weighted by Gasteiger charge is 2.32. The van der Waals surface area contributed by atoms with Crippen molar-refractivity contribution in [2.75, 3.05) is 7.05 Å². The van der Waals surface area contributed by atoms with Crippen molar-refractivity contribution in [1.82, 2.24) is 4.90 Å². The molecule has 1 amide bonds. The highest BCUT2D eigenvalue weighted by molar-refractivity contribution is 5.94. The Balaban J connectivity index is 2.33. The number of hydrogen-bond acceptors (Lipinski definition) is 1. The summed E-state index contributed by atoms with van der Waals surface area (Å²) in [5, 5.41) is 0. The van der Waals surface area contributed by atoms with E-state index in [1.165, 1.54) is 11.9 Å². The summed E-state index contributed by atoms with van der Waals surface area (Å²) < 4.78 is 38.9. The summed E-state index contributed by atoms with van der Waals surface area (Å²) in [4.78, 5) is 13.1. The Labute approximate surface area is 90.7 Å². The maximum atomic E-state index is 13.3. The van der Waals surface area contributed by atoms with Crippen LogP contribution in [0.5, 0.6) is 0 Å². The lowest BCUT2D eigenvalue weighted by molar-refractivity contribution is 0.0779. The van der Waals surface area contributed by atoms with Crippen LogP contribution in [0.3, 0.4) is 0 Å². The lowest BCUT2D eigenvalue weighted by Gasteiger charge is -2.16. The second-order valence-corrected chi connectivity index (χ2v) is 3.87. The molecular formula is C11H10F3NO. The highest BCUT2D eigenvalue weighted by Crippen LogP contribution is 2.27. The number of amides is 1. The van der Waals surface area contributed by atoms with E-state index < -0.39 is 28.9 Å². The van der Waals surface area contributed by atoms with E-state index in [0.29, 0.717) is 0 Å². The normalized spacial score (nSPS) is 15.0. The molecule has 1 aromatic rings. The standard InChI is InChI=1S/C11H10F3NO/c1-15(6-2-3-6)11(16)7-4-5-8(12)10(14)9(7)13/h4-6H,2-3H2,1H3. The predicted octanol–water partition coefficient (Wildman–Crippen LogP) is 2.34. The van der Waals surface area contributed by atoms with E-state index in [-0.39, 0.29) is 6.04 Å². The predicted molar refractivity (Wildman–Crippen MR) is 51.4 cm³/mol. The van der Waals surface area contributed by atoms with E-state index in [1.54, 1.807) is 0 Å². The molecule has 1 aromatic carbocycles. The Hall–Kier alpha value is -1.52. The van der Waals surface area contributed by atoms with Gasteiger partial charge in [0.2, 0.25) is 0 Å². The van der Waals surface area contributed by atoms with Gasteiger partial charge in [0.25, 0.3) is 5.91 Å². The monoisotopic (exact) mass is 229 g/mol. The van der Waals surface area contributed by atoms with Crippen LogP contribution >= 0.6 is 0 Å². The van der Waals surface area contributed by atoms with Crippen molar-refractivity contribution in [2.45, 2.75) is 18.9 Å². The maximum absolute atomic E-state index is 13.3. The molecule has 1 aliphatic carbocycles. The van der Waals surface area contributed by atoms with E-state index >= 15 is 0 Å². The minimum Gasteiger partial charge on any atom is -0.339 e. The van der Waals surface area contributed by atoms with Gasteiger partial charge >= 0.3 is 0 Å². The highest BCUT2D eigenvalue weighted by atomic mass is 19.2. The summed E-state index contributed by atoms with van der Waals surface area (Å²) >= 11 is 0. The van der Waals surface area contributed by atoms with Crippen molar-refractivity contribution >= 4 is 5.91 Å². The smallest absolute Gasteiger partial charge is 0.256 e. The molecule has 0 atom stereocenters. The average Bonchev–Trinajstić information content (AvgIpc) is 3.08. The van der Waals surface area contributed by atoms with E-state index in [1.807, 2.05) is 0 Å². The molecule has 1 aliphatic rings. The number of carbonyl (C=O) groups excluding carboxylic acids is 1. The van der Waals surface area contributed by atoms with Gasteiger partial charge in [-0.05, 0) is 25.0 Å². The molecule has 0 radical (unpaired) electrons. The molecule has 5 heteroatoms. The number of benzene rings is 1. The van der Waals surface area contributed by atoms with Gasteiger partial charge in [0.15, 0.2) is 17.5 Å². The molecule has 2 rings (SSSR count). The molecule has 0 bridgehead atoms. The molecule has 0 aromatic heterocycles. The molecule has 0 heterocycles. The van der Waals surface area contributed by atoms with Crippen LogP contribution in [-0.2, 0) is 0 Å². The fraction of sp³-hybridized carbons (Fsp3) is 0.364. The lowest BCUT2D eigenvalue weighted by Crippen LogP contribution is -2.29. The Bertz CT molecular complexity index is 443. The molecule has 0 aliphatic heterocycles. The van der Waals surface area contributed by atoms with Crippen molar-refractivity contribution in [3.63, 3.8) is 0 Å². The summed E-state index contributed by atoms with van der Waals surface area (Å²) in [6.07, 6.45) is 1.74. The quantitative estimate of drug-likeness (QED) is 0.713. The first-order chi connectivity index (χ1) is 7.52. The largest absolute Gasteiger partial charge is 0.339 e. The van der Waals surface area contributed by atoms with Gasteiger partial charge in [-0.15, -0.1) is 0 Å². The van der Waals surface area contributed by atoms with E-state index in [9.17, 15) is 18.0 Å². The van der Waals surface area contributed by atoms with Gasteiger partial charge in [-0.3, -0.25) is 4.79 Å². The number of rotatable bonds is 2. The van der Waals surface area contributed by atoms with E-state index in [0.717, 1.165) is 25.0 Å². The van der Waals surface area contributed by atoms with Crippen molar-refractivity contribution in [3.05, 3.63) is 35.1 Å². The molecule has 0 spiro atoms. The average molecular weight is 229 g/mol. The molecule has 2 nitrogen and oxygen atoms in total. The number of hydrogen-bond donors (Lipinski definition) is 0. The minimum absolute atomic E-state index is 0.0972. The minimum atomic E-state index is -1.60. The second-order valence-electron chi connectivity index (χ2n) is 3.87. The zero-order valence-electron chi connectivity index (χ0n) is 8.64. The van der Waals surface area contributed by atoms with Gasteiger partial charge in [0.05, 0.1) is 5.56 Å². The van der Waals surface area contributed by atoms with Crippen LogP contribution in [-0.4, -0.2) is 23.9 Å². The van der Waals surface area contributed by atoms with Crippen LogP contribution in [0.15, 0.2) is 12.1 Å². The Morgan fingerprint density at radius 2 is 1.88 bits per heavy atom. The van der Waals surface area contributed by atoms with E-state index in [2.05, 4.69) is 0 Å². The number of nitrogens with zero attached hydrogens (tertiary/aromatic N) is 1. The SMILES string of the molecule is CN(C(=O)c1ccc(F)c(F)c1F)C1CC1. The maximum Gasteiger partial charge on any atom is 0.256 e. The molecular weight excluding hydrogens is 219 g/mol. The summed E-state index contributed by atoms with van der Waals surface area (Å²) in [7, 11) is 1.53. The van der Waals surface area contributed by atoms with Crippen LogP contribution < -0.4 is 0 Å². The first-order valence-electron chi connectivity index (χ1n) is 4.93. The van der Waals surface area contributed by atoms with Crippen LogP contribution in [0.25, 0.3) is 0 Å². The second kappa shape index (κ2) is 3.81. The molecule has 0 saturated heterocycles. The molecule has 1 fully saturated rings. The summed E-state index contributed by atoms with van der Waals surface area (Å²) in [6.45, 7) is 0. The first-order valence-corrected chi connectivity index (χ1v) is 4.93. The van der Waals surface area contributed by atoms with E-state index in [4.69, 9.17) is 0 Å². The van der Waals surface area contributed by atoms with Crippen molar-refractivity contribution in [2.24, 2.45) is 0 Å². The third-order valence-corrected chi connectivity index (χ3v) is 2.68. The molecule has 1 saturated carbocycles. The van der Waals surface area contributed by atoms with Gasteiger partial charge in [0.1, 0.15) is 0 Å². The van der Waals surface area contributed by atoms with Crippen molar-refractivity contribution in [3.8, 4) is 0 Å². The van der Waals surface area contributed by atoms with Crippen LogP contribution in [0.1, 0.15) is 23.2 Å². The number of carbonyl (C=O) groups is 1. The van der Waals surface area contributed by atoms with Gasteiger partial charge in [-0.1, -0.05) is 0 Å². The van der Waals surface area contributed by atoms with Crippen LogP contribution in [0.2, 0.25) is 0 Å². The summed E-state index contributed by atoms with van der Waals surface area (Å²) in [5.74, 6) is -4.92. The molecule has 86 valence electrons. The summed E-state index contributed by atoms with van der Waals surface area (Å²) in [5.41, 5.74) is -0.423. The van der Waals surface area contributed by atoms with Crippen molar-refractivity contribution in [1.29, 1.82) is 0 Å². The Morgan fingerprint density at radius 3 is 2.44 bits per heavy atom. The third-order valence-electron chi connectivity index (χ3n) is 2.68. The van der Waals surface area contributed by atoms with Gasteiger partial charge in [-0.25, -0.2) is 13.2 Å². The van der Waals surface area contributed by atoms with Crippen LogP contribution in [0.4, 0.5) is 13.2 Å². The van der Waals surface area contributed by atoms with Gasteiger partial charge in [-0.2, -0.15) is 0 Å².